The van der Waals surface area contributed by atoms with E-state index in [0.717, 1.165) is 24.6 Å². The summed E-state index contributed by atoms with van der Waals surface area (Å²) in [7, 11) is 0. The molecule has 0 radical (unpaired) electrons. The predicted molar refractivity (Wildman–Crippen MR) is 68.5 cm³/mol. The van der Waals surface area contributed by atoms with Crippen molar-refractivity contribution in [1.82, 2.24) is 4.90 Å². The fourth-order valence-electron chi connectivity index (χ4n) is 1.73. The number of azide groups is 1. The molecule has 0 saturated carbocycles. The molecule has 1 aliphatic heterocycles. The van der Waals surface area contributed by atoms with Crippen LogP contribution in [0.2, 0.25) is 0 Å². The van der Waals surface area contributed by atoms with Gasteiger partial charge in [-0.1, -0.05) is 23.3 Å². The maximum absolute atomic E-state index is 12.2. The second-order valence-corrected chi connectivity index (χ2v) is 4.84. The summed E-state index contributed by atoms with van der Waals surface area (Å²) < 4.78 is 0. The molecule has 0 unspecified atom stereocenters. The van der Waals surface area contributed by atoms with Crippen LogP contribution in [0.5, 0.6) is 0 Å². The standard InChI is InChI=1S/C11H12N4OS/c12-14-13-10-4-2-1-3-9(10)11(16)15-5-7-17-8-6-15/h1-4H,5-8H2. The van der Waals surface area contributed by atoms with Crippen LogP contribution in [0.15, 0.2) is 29.4 Å². The molecule has 1 heterocycles. The molecule has 88 valence electrons. The molecule has 0 aliphatic carbocycles. The second-order valence-electron chi connectivity index (χ2n) is 3.61. The molecule has 1 saturated heterocycles. The number of nitrogens with zero attached hydrogens (tertiary/aromatic N) is 4. The summed E-state index contributed by atoms with van der Waals surface area (Å²) >= 11 is 1.85. The normalized spacial score (nSPS) is 15.2. The quantitative estimate of drug-likeness (QED) is 0.458. The lowest BCUT2D eigenvalue weighted by molar-refractivity contribution is 0.0773. The summed E-state index contributed by atoms with van der Waals surface area (Å²) in [4.78, 5) is 16.8. The van der Waals surface area contributed by atoms with Gasteiger partial charge in [-0.25, -0.2) is 0 Å². The van der Waals surface area contributed by atoms with E-state index in [9.17, 15) is 4.79 Å². The van der Waals surface area contributed by atoms with Crippen LogP contribution < -0.4 is 0 Å². The zero-order chi connectivity index (χ0) is 12.1. The number of amides is 1. The third-order valence-corrected chi connectivity index (χ3v) is 3.53. The van der Waals surface area contributed by atoms with E-state index in [-0.39, 0.29) is 5.91 Å². The molecular formula is C11H12N4OS. The summed E-state index contributed by atoms with van der Waals surface area (Å²) in [5.74, 6) is 1.89. The van der Waals surface area contributed by atoms with Gasteiger partial charge in [-0.05, 0) is 11.6 Å². The van der Waals surface area contributed by atoms with Crippen LogP contribution in [0.25, 0.3) is 10.4 Å². The predicted octanol–water partition coefficient (Wildman–Crippen LogP) is 2.82. The van der Waals surface area contributed by atoms with Gasteiger partial charge in [0.2, 0.25) is 0 Å². The van der Waals surface area contributed by atoms with Crippen molar-refractivity contribution in [2.45, 2.75) is 0 Å². The van der Waals surface area contributed by atoms with Crippen molar-refractivity contribution in [3.63, 3.8) is 0 Å². The molecule has 1 amide bonds. The number of carbonyl (C=O) groups excluding carboxylic acids is 1. The van der Waals surface area contributed by atoms with E-state index < -0.39 is 0 Å². The molecule has 5 nitrogen and oxygen atoms in total. The Kier molecular flexibility index (Phi) is 3.90. The second kappa shape index (κ2) is 5.61. The summed E-state index contributed by atoms with van der Waals surface area (Å²) in [5.41, 5.74) is 9.35. The molecule has 1 aromatic carbocycles. The van der Waals surface area contributed by atoms with E-state index in [0.29, 0.717) is 11.3 Å². The van der Waals surface area contributed by atoms with E-state index in [1.807, 2.05) is 16.7 Å². The highest BCUT2D eigenvalue weighted by molar-refractivity contribution is 7.99. The van der Waals surface area contributed by atoms with Gasteiger partial charge in [0, 0.05) is 35.1 Å². The van der Waals surface area contributed by atoms with Gasteiger partial charge in [0.1, 0.15) is 0 Å². The molecule has 2 rings (SSSR count). The van der Waals surface area contributed by atoms with Crippen LogP contribution in [-0.4, -0.2) is 35.4 Å². The first-order chi connectivity index (χ1) is 8.33. The maximum atomic E-state index is 12.2. The summed E-state index contributed by atoms with van der Waals surface area (Å²) in [6.07, 6.45) is 0. The van der Waals surface area contributed by atoms with Crippen molar-refractivity contribution in [2.75, 3.05) is 24.6 Å². The molecule has 0 spiro atoms. The van der Waals surface area contributed by atoms with Gasteiger partial charge in [0.05, 0.1) is 5.69 Å². The number of hydrogen-bond donors (Lipinski definition) is 0. The summed E-state index contributed by atoms with van der Waals surface area (Å²) in [5, 5.41) is 3.55. The van der Waals surface area contributed by atoms with E-state index in [2.05, 4.69) is 10.0 Å². The monoisotopic (exact) mass is 248 g/mol. The van der Waals surface area contributed by atoms with Gasteiger partial charge < -0.3 is 4.90 Å². The van der Waals surface area contributed by atoms with Crippen molar-refractivity contribution in [3.05, 3.63) is 40.3 Å². The Labute approximate surface area is 103 Å². The molecule has 0 N–H and O–H groups in total. The van der Waals surface area contributed by atoms with E-state index in [1.165, 1.54) is 0 Å². The third-order valence-electron chi connectivity index (χ3n) is 2.59. The Bertz CT molecular complexity index is 464. The molecule has 6 heteroatoms. The van der Waals surface area contributed by atoms with Gasteiger partial charge in [0.25, 0.3) is 5.91 Å². The SMILES string of the molecule is [N-]=[N+]=Nc1ccccc1C(=O)N1CCSCC1. The van der Waals surface area contributed by atoms with Crippen LogP contribution in [0.4, 0.5) is 5.69 Å². The average molecular weight is 248 g/mol. The minimum atomic E-state index is -0.0479. The van der Waals surface area contributed by atoms with Crippen LogP contribution >= 0.6 is 11.8 Å². The Morgan fingerprint density at radius 3 is 2.76 bits per heavy atom. The molecule has 1 aliphatic rings. The number of thioether (sulfide) groups is 1. The molecule has 0 bridgehead atoms. The smallest absolute Gasteiger partial charge is 0.254 e. The maximum Gasteiger partial charge on any atom is 0.254 e. The first-order valence-electron chi connectivity index (χ1n) is 5.34. The zero-order valence-electron chi connectivity index (χ0n) is 9.24. The fourth-order valence-corrected chi connectivity index (χ4v) is 2.63. The minimum Gasteiger partial charge on any atom is -0.337 e. The number of hydrogen-bond acceptors (Lipinski definition) is 3. The van der Waals surface area contributed by atoms with Gasteiger partial charge in [0.15, 0.2) is 0 Å². The largest absolute Gasteiger partial charge is 0.337 e. The molecule has 1 aromatic rings. The van der Waals surface area contributed by atoms with Crippen LogP contribution in [0, 0.1) is 0 Å². The Hall–Kier alpha value is -1.65. The van der Waals surface area contributed by atoms with Crippen molar-refractivity contribution >= 4 is 23.4 Å². The fraction of sp³-hybridized carbons (Fsp3) is 0.364. The van der Waals surface area contributed by atoms with Crippen molar-refractivity contribution in [2.24, 2.45) is 5.11 Å². The lowest BCUT2D eigenvalue weighted by Gasteiger charge is -2.26. The Balaban J connectivity index is 2.26. The third kappa shape index (κ3) is 2.72. The van der Waals surface area contributed by atoms with Crippen LogP contribution in [0.3, 0.4) is 0 Å². The van der Waals surface area contributed by atoms with E-state index in [1.54, 1.807) is 24.3 Å². The number of rotatable bonds is 2. The number of benzene rings is 1. The molecule has 17 heavy (non-hydrogen) atoms. The van der Waals surface area contributed by atoms with E-state index in [4.69, 9.17) is 5.53 Å². The molecule has 1 fully saturated rings. The minimum absolute atomic E-state index is 0.0479. The zero-order valence-corrected chi connectivity index (χ0v) is 10.1. The van der Waals surface area contributed by atoms with Crippen molar-refractivity contribution < 1.29 is 4.79 Å². The first kappa shape index (κ1) is 11.8. The Morgan fingerprint density at radius 2 is 2.06 bits per heavy atom. The summed E-state index contributed by atoms with van der Waals surface area (Å²) in [6, 6.07) is 6.90. The van der Waals surface area contributed by atoms with Gasteiger partial charge in [-0.2, -0.15) is 11.8 Å². The number of carbonyl (C=O) groups is 1. The molecule has 0 atom stereocenters. The van der Waals surface area contributed by atoms with Gasteiger partial charge >= 0.3 is 0 Å². The first-order valence-corrected chi connectivity index (χ1v) is 6.49. The highest BCUT2D eigenvalue weighted by Crippen LogP contribution is 2.22. The topological polar surface area (TPSA) is 69.1 Å². The van der Waals surface area contributed by atoms with Gasteiger partial charge in [-0.3, -0.25) is 4.79 Å². The highest BCUT2D eigenvalue weighted by Gasteiger charge is 2.19. The Morgan fingerprint density at radius 1 is 1.35 bits per heavy atom. The lowest BCUT2D eigenvalue weighted by Crippen LogP contribution is -2.37. The molecular weight excluding hydrogens is 236 g/mol. The van der Waals surface area contributed by atoms with Gasteiger partial charge in [-0.15, -0.1) is 0 Å². The summed E-state index contributed by atoms with van der Waals surface area (Å²) in [6.45, 7) is 1.52. The van der Waals surface area contributed by atoms with Crippen molar-refractivity contribution in [1.29, 1.82) is 0 Å². The molecule has 0 aromatic heterocycles. The van der Waals surface area contributed by atoms with Crippen LogP contribution in [0.1, 0.15) is 10.4 Å². The van der Waals surface area contributed by atoms with Crippen molar-refractivity contribution in [3.8, 4) is 0 Å². The average Bonchev–Trinajstić information content (AvgIpc) is 2.40. The lowest BCUT2D eigenvalue weighted by atomic mass is 10.1. The van der Waals surface area contributed by atoms with E-state index >= 15 is 0 Å². The highest BCUT2D eigenvalue weighted by atomic mass is 32.2. The van der Waals surface area contributed by atoms with Crippen LogP contribution in [-0.2, 0) is 0 Å².